The van der Waals surface area contributed by atoms with E-state index in [2.05, 4.69) is 10.4 Å². The number of nitrogens with zero attached hydrogens (tertiary/aromatic N) is 2. The first-order valence-electron chi connectivity index (χ1n) is 8.45. The Morgan fingerprint density at radius 2 is 1.88 bits per heavy atom. The highest BCUT2D eigenvalue weighted by atomic mass is 16.5. The first-order chi connectivity index (χ1) is 12.3. The highest BCUT2D eigenvalue weighted by molar-refractivity contribution is 5.96. The fourth-order valence-corrected chi connectivity index (χ4v) is 2.53. The molecule has 2 rings (SSSR count). The number of ether oxygens (including phenoxy) is 2. The van der Waals surface area contributed by atoms with Crippen LogP contribution >= 0.6 is 0 Å². The van der Waals surface area contributed by atoms with Crippen molar-refractivity contribution in [1.82, 2.24) is 9.78 Å². The molecule has 7 nitrogen and oxygen atoms in total. The Labute approximate surface area is 153 Å². The molecule has 1 N–H and O–H groups in total. The van der Waals surface area contributed by atoms with Gasteiger partial charge in [-0.25, -0.2) is 0 Å². The van der Waals surface area contributed by atoms with Gasteiger partial charge in [0.15, 0.2) is 6.10 Å². The quantitative estimate of drug-likeness (QED) is 0.768. The number of aryl methyl sites for hydroxylation is 3. The molecule has 0 saturated carbocycles. The predicted octanol–water partition coefficient (Wildman–Crippen LogP) is 2.55. The van der Waals surface area contributed by atoms with Crippen LogP contribution < -0.4 is 10.1 Å². The number of benzene rings is 1. The molecule has 1 amide bonds. The molecule has 0 aliphatic heterocycles. The number of hydrogen-bond donors (Lipinski definition) is 1. The lowest BCUT2D eigenvalue weighted by molar-refractivity contribution is -0.153. The second kappa shape index (κ2) is 8.51. The standard InChI is InChI=1S/C19H25N3O4/c1-12-18(13(2)22(4)21-12)20-19(24)14(3)26-17(23)11-8-15-6-9-16(25-5)10-7-15/h6-7,9-10,14H,8,11H2,1-5H3,(H,20,24)/t14-/m1/s1. The van der Waals surface area contributed by atoms with E-state index >= 15 is 0 Å². The van der Waals surface area contributed by atoms with Crippen LogP contribution in [0.1, 0.15) is 30.3 Å². The monoisotopic (exact) mass is 359 g/mol. The molecule has 0 radical (unpaired) electrons. The molecule has 26 heavy (non-hydrogen) atoms. The largest absolute Gasteiger partial charge is 0.497 e. The zero-order chi connectivity index (χ0) is 19.3. The lowest BCUT2D eigenvalue weighted by atomic mass is 10.1. The molecule has 2 aromatic rings. The summed E-state index contributed by atoms with van der Waals surface area (Å²) in [5.74, 6) is -0.0206. The molecule has 1 aromatic carbocycles. The normalized spacial score (nSPS) is 11.7. The van der Waals surface area contributed by atoms with Crippen LogP contribution in [0.3, 0.4) is 0 Å². The van der Waals surface area contributed by atoms with Crippen LogP contribution in [0.25, 0.3) is 0 Å². The van der Waals surface area contributed by atoms with E-state index in [1.165, 1.54) is 0 Å². The van der Waals surface area contributed by atoms with E-state index in [1.807, 2.05) is 38.1 Å². The molecular formula is C19H25N3O4. The molecule has 1 heterocycles. The van der Waals surface area contributed by atoms with Gasteiger partial charge in [-0.1, -0.05) is 12.1 Å². The SMILES string of the molecule is COc1ccc(CCC(=O)O[C@H](C)C(=O)Nc2c(C)nn(C)c2C)cc1. The van der Waals surface area contributed by atoms with Gasteiger partial charge in [-0.3, -0.25) is 14.3 Å². The molecule has 140 valence electrons. The minimum Gasteiger partial charge on any atom is -0.497 e. The van der Waals surface area contributed by atoms with E-state index in [0.29, 0.717) is 12.1 Å². The van der Waals surface area contributed by atoms with Crippen molar-refractivity contribution in [2.75, 3.05) is 12.4 Å². The fraction of sp³-hybridized carbons (Fsp3) is 0.421. The van der Waals surface area contributed by atoms with E-state index in [-0.39, 0.29) is 12.3 Å². The van der Waals surface area contributed by atoms with Crippen molar-refractivity contribution in [3.63, 3.8) is 0 Å². The molecular weight excluding hydrogens is 334 g/mol. The van der Waals surface area contributed by atoms with Crippen LogP contribution in [0.4, 0.5) is 5.69 Å². The van der Waals surface area contributed by atoms with Gasteiger partial charge in [-0.05, 0) is 44.9 Å². The Kier molecular flexibility index (Phi) is 6.38. The summed E-state index contributed by atoms with van der Waals surface area (Å²) in [6, 6.07) is 7.48. The van der Waals surface area contributed by atoms with Gasteiger partial charge in [0.1, 0.15) is 5.75 Å². The van der Waals surface area contributed by atoms with Gasteiger partial charge in [0.25, 0.3) is 5.91 Å². The van der Waals surface area contributed by atoms with Gasteiger partial charge in [0.2, 0.25) is 0 Å². The number of methoxy groups -OCH3 is 1. The second-order valence-corrected chi connectivity index (χ2v) is 6.14. The minimum atomic E-state index is -0.877. The summed E-state index contributed by atoms with van der Waals surface area (Å²) in [5.41, 5.74) is 3.21. The number of hydrogen-bond acceptors (Lipinski definition) is 5. The van der Waals surface area contributed by atoms with Gasteiger partial charge < -0.3 is 14.8 Å². The number of aromatic nitrogens is 2. The lowest BCUT2D eigenvalue weighted by Crippen LogP contribution is -2.30. The van der Waals surface area contributed by atoms with E-state index in [0.717, 1.165) is 22.7 Å². The van der Waals surface area contributed by atoms with Crippen LogP contribution in [-0.2, 0) is 27.8 Å². The molecule has 0 fully saturated rings. The molecule has 7 heteroatoms. The molecule has 0 spiro atoms. The predicted molar refractivity (Wildman–Crippen MR) is 98.2 cm³/mol. The third-order valence-electron chi connectivity index (χ3n) is 4.21. The number of esters is 1. The Morgan fingerprint density at radius 3 is 2.42 bits per heavy atom. The molecule has 0 unspecified atom stereocenters. The van der Waals surface area contributed by atoms with Gasteiger partial charge >= 0.3 is 5.97 Å². The summed E-state index contributed by atoms with van der Waals surface area (Å²) in [6.45, 7) is 5.23. The molecule has 0 saturated heterocycles. The topological polar surface area (TPSA) is 82.4 Å². The van der Waals surface area contributed by atoms with Crippen LogP contribution in [-0.4, -0.2) is 34.9 Å². The minimum absolute atomic E-state index is 0.203. The van der Waals surface area contributed by atoms with Crippen LogP contribution in [0.5, 0.6) is 5.75 Å². The first-order valence-corrected chi connectivity index (χ1v) is 8.45. The highest BCUT2D eigenvalue weighted by Gasteiger charge is 2.20. The maximum Gasteiger partial charge on any atom is 0.306 e. The van der Waals surface area contributed by atoms with E-state index in [4.69, 9.17) is 9.47 Å². The maximum atomic E-state index is 12.3. The maximum absolute atomic E-state index is 12.3. The van der Waals surface area contributed by atoms with E-state index in [1.54, 1.807) is 25.8 Å². The molecule has 0 aliphatic rings. The third kappa shape index (κ3) is 4.84. The number of anilines is 1. The lowest BCUT2D eigenvalue weighted by Gasteiger charge is -2.14. The number of carbonyl (C=O) groups is 2. The summed E-state index contributed by atoms with van der Waals surface area (Å²) in [7, 11) is 3.41. The van der Waals surface area contributed by atoms with Gasteiger partial charge in [-0.15, -0.1) is 0 Å². The van der Waals surface area contributed by atoms with E-state index in [9.17, 15) is 9.59 Å². The summed E-state index contributed by atoms with van der Waals surface area (Å²) in [4.78, 5) is 24.3. The molecule has 1 aromatic heterocycles. The number of carbonyl (C=O) groups excluding carboxylic acids is 2. The van der Waals surface area contributed by atoms with E-state index < -0.39 is 12.1 Å². The van der Waals surface area contributed by atoms with Crippen molar-refractivity contribution in [3.8, 4) is 5.75 Å². The van der Waals surface area contributed by atoms with Crippen molar-refractivity contribution < 1.29 is 19.1 Å². The van der Waals surface area contributed by atoms with Gasteiger partial charge in [-0.2, -0.15) is 5.10 Å². The van der Waals surface area contributed by atoms with Crippen molar-refractivity contribution in [3.05, 3.63) is 41.2 Å². The Bertz CT molecular complexity index is 781. The van der Waals surface area contributed by atoms with Crippen molar-refractivity contribution in [1.29, 1.82) is 0 Å². The van der Waals surface area contributed by atoms with Crippen molar-refractivity contribution in [2.24, 2.45) is 7.05 Å². The van der Waals surface area contributed by atoms with Crippen LogP contribution in [0.2, 0.25) is 0 Å². The molecule has 0 aliphatic carbocycles. The van der Waals surface area contributed by atoms with Crippen molar-refractivity contribution >= 4 is 17.6 Å². The Hall–Kier alpha value is -2.83. The Morgan fingerprint density at radius 1 is 1.23 bits per heavy atom. The second-order valence-electron chi connectivity index (χ2n) is 6.14. The third-order valence-corrected chi connectivity index (χ3v) is 4.21. The first kappa shape index (κ1) is 19.5. The summed E-state index contributed by atoms with van der Waals surface area (Å²) in [5, 5.41) is 7.02. The van der Waals surface area contributed by atoms with Crippen LogP contribution in [0, 0.1) is 13.8 Å². The number of rotatable bonds is 7. The van der Waals surface area contributed by atoms with Crippen molar-refractivity contribution in [2.45, 2.75) is 39.7 Å². The number of amides is 1. The summed E-state index contributed by atoms with van der Waals surface area (Å²) in [6.07, 6.45) is -0.134. The molecule has 0 bridgehead atoms. The zero-order valence-corrected chi connectivity index (χ0v) is 15.8. The number of nitrogens with one attached hydrogen (secondary N) is 1. The molecule has 1 atom stereocenters. The van der Waals surface area contributed by atoms with Crippen LogP contribution in [0.15, 0.2) is 24.3 Å². The van der Waals surface area contributed by atoms with Gasteiger partial charge in [0, 0.05) is 13.5 Å². The Balaban J connectivity index is 1.84. The highest BCUT2D eigenvalue weighted by Crippen LogP contribution is 2.19. The zero-order valence-electron chi connectivity index (χ0n) is 15.8. The smallest absolute Gasteiger partial charge is 0.306 e. The summed E-state index contributed by atoms with van der Waals surface area (Å²) >= 11 is 0. The average molecular weight is 359 g/mol. The van der Waals surface area contributed by atoms with Gasteiger partial charge in [0.05, 0.1) is 24.2 Å². The average Bonchev–Trinajstić information content (AvgIpc) is 2.86. The fourth-order valence-electron chi connectivity index (χ4n) is 2.53. The summed E-state index contributed by atoms with van der Waals surface area (Å²) < 4.78 is 12.0.